The van der Waals surface area contributed by atoms with Crippen molar-refractivity contribution in [1.29, 1.82) is 0 Å². The van der Waals surface area contributed by atoms with Gasteiger partial charge in [0.2, 0.25) is 0 Å². The van der Waals surface area contributed by atoms with Crippen LogP contribution in [-0.4, -0.2) is 28.2 Å². The van der Waals surface area contributed by atoms with Gasteiger partial charge in [0.05, 0.1) is 5.58 Å². The molecule has 9 rings (SSSR count). The summed E-state index contributed by atoms with van der Waals surface area (Å²) in [6.07, 6.45) is 4.01. The maximum absolute atomic E-state index is 6.20. The average molecular weight is 993 g/mol. The van der Waals surface area contributed by atoms with Gasteiger partial charge in [0.1, 0.15) is 5.58 Å². The van der Waals surface area contributed by atoms with Gasteiger partial charge in [-0.25, -0.2) is 0 Å². The van der Waals surface area contributed by atoms with Crippen LogP contribution in [0.2, 0.25) is 17.3 Å². The molecule has 0 saturated heterocycles. The van der Waals surface area contributed by atoms with Crippen molar-refractivity contribution in [3.8, 4) is 55.9 Å². The van der Waals surface area contributed by atoms with E-state index in [4.69, 9.17) is 9.40 Å². The fourth-order valence-electron chi connectivity index (χ4n) is 7.35. The molecule has 0 aliphatic carbocycles. The summed E-state index contributed by atoms with van der Waals surface area (Å²) >= 11 is -1.79. The van der Waals surface area contributed by atoms with Gasteiger partial charge in [0.25, 0.3) is 0 Å². The van der Waals surface area contributed by atoms with Gasteiger partial charge in [0, 0.05) is 48.6 Å². The molecule has 4 nitrogen and oxygen atoms in total. The first-order chi connectivity index (χ1) is 27.5. The van der Waals surface area contributed by atoms with Crippen molar-refractivity contribution in [3.63, 3.8) is 0 Å². The van der Waals surface area contributed by atoms with Crippen LogP contribution in [0, 0.1) is 39.8 Å². The Hall–Kier alpha value is -5.46. The molecule has 0 fully saturated rings. The third-order valence-corrected chi connectivity index (χ3v) is 14.7. The van der Waals surface area contributed by atoms with E-state index in [9.17, 15) is 0 Å². The molecule has 9 aromatic rings. The summed E-state index contributed by atoms with van der Waals surface area (Å²) in [5, 5.41) is 2.16. The zero-order chi connectivity index (χ0) is 39.7. The quantitative estimate of drug-likeness (QED) is 0.123. The molecule has 0 saturated carbocycles. The van der Waals surface area contributed by atoms with Gasteiger partial charge in [-0.15, -0.1) is 23.8 Å². The molecule has 6 heteroatoms. The first kappa shape index (κ1) is 40.7. The van der Waals surface area contributed by atoms with Crippen molar-refractivity contribution in [2.24, 2.45) is 0 Å². The number of benzene rings is 5. The molecule has 0 N–H and O–H groups in total. The molecule has 0 unspecified atom stereocenters. The van der Waals surface area contributed by atoms with Crippen molar-refractivity contribution in [3.05, 3.63) is 181 Å². The van der Waals surface area contributed by atoms with E-state index in [-0.39, 0.29) is 20.1 Å². The van der Waals surface area contributed by atoms with E-state index in [2.05, 4.69) is 175 Å². The molecule has 289 valence electrons. The van der Waals surface area contributed by atoms with E-state index in [1.807, 2.05) is 38.2 Å². The minimum absolute atomic E-state index is 0. The Balaban J connectivity index is 0.000000187. The minimum Gasteiger partial charge on any atom is -0.500 e. The number of furan rings is 1. The number of pyridine rings is 3. The van der Waals surface area contributed by atoms with E-state index >= 15 is 0 Å². The van der Waals surface area contributed by atoms with Crippen LogP contribution in [0.1, 0.15) is 22.5 Å². The molecule has 58 heavy (non-hydrogen) atoms. The standard InChI is InChI=1S/C31H23N2O.C21H22GeN.Ir/c1-19-13-29(32-18-28(19)22-7-5-4-6-8-22)24-10-12-30-27(16-24)26-11-9-23(17-31(26)34-30)25-14-20(2)33-21(3)15-25;1-16-14-18(10-12-20(16)17-8-6-5-7-9-17)21-13-11-19(15-23-21)22(2,3)4;/h4-9,11-18H,1-3H3;5-9,11-15H,1-4H3;/q2*-1;. The smallest absolute Gasteiger partial charge is 0.121 e. The molecule has 0 spiro atoms. The largest absolute Gasteiger partial charge is 0.500 e. The van der Waals surface area contributed by atoms with E-state index in [1.54, 1.807) is 0 Å². The molecular weight excluding hydrogens is 947 g/mol. The maximum atomic E-state index is 6.20. The minimum atomic E-state index is -1.79. The van der Waals surface area contributed by atoms with E-state index < -0.39 is 13.3 Å². The van der Waals surface area contributed by atoms with Crippen LogP contribution < -0.4 is 4.40 Å². The summed E-state index contributed by atoms with van der Waals surface area (Å²) in [6, 6.07) is 53.1. The number of hydrogen-bond acceptors (Lipinski definition) is 4. The molecule has 0 bridgehead atoms. The molecular formula is C52H45GeIrN3O-2. The molecule has 4 aromatic heterocycles. The fraction of sp³-hybridized carbons (Fsp3) is 0.135. The second-order valence-corrected chi connectivity index (χ2v) is 26.5. The predicted molar refractivity (Wildman–Crippen MR) is 240 cm³/mol. The first-order valence-corrected chi connectivity index (χ1v) is 26.8. The van der Waals surface area contributed by atoms with Gasteiger partial charge in [-0.05, 0) is 66.9 Å². The number of fused-ring (bicyclic) bond motifs is 3. The van der Waals surface area contributed by atoms with Crippen LogP contribution in [0.3, 0.4) is 0 Å². The summed E-state index contributed by atoms with van der Waals surface area (Å²) in [7, 11) is 0. The van der Waals surface area contributed by atoms with Gasteiger partial charge < -0.3 is 9.40 Å². The van der Waals surface area contributed by atoms with E-state index in [1.165, 1.54) is 32.2 Å². The van der Waals surface area contributed by atoms with Crippen LogP contribution in [0.5, 0.6) is 0 Å². The van der Waals surface area contributed by atoms with Gasteiger partial charge in [-0.2, -0.15) is 0 Å². The Bertz CT molecular complexity index is 2840. The Morgan fingerprint density at radius 2 is 1.12 bits per heavy atom. The predicted octanol–water partition coefficient (Wildman–Crippen LogP) is 13.2. The summed E-state index contributed by atoms with van der Waals surface area (Å²) in [4.78, 5) is 13.9. The second-order valence-electron chi connectivity index (χ2n) is 15.8. The topological polar surface area (TPSA) is 51.8 Å². The van der Waals surface area contributed by atoms with Crippen LogP contribution >= 0.6 is 0 Å². The van der Waals surface area contributed by atoms with Crippen molar-refractivity contribution < 1.29 is 24.5 Å². The van der Waals surface area contributed by atoms with Crippen molar-refractivity contribution in [2.45, 2.75) is 45.0 Å². The summed E-state index contributed by atoms with van der Waals surface area (Å²) in [5.74, 6) is 7.17. The van der Waals surface area contributed by atoms with Crippen molar-refractivity contribution in [2.75, 3.05) is 0 Å². The molecule has 0 amide bonds. The van der Waals surface area contributed by atoms with Crippen LogP contribution in [0.15, 0.2) is 150 Å². The Morgan fingerprint density at radius 3 is 1.74 bits per heavy atom. The van der Waals surface area contributed by atoms with E-state index in [0.29, 0.717) is 0 Å². The monoisotopic (exact) mass is 994 g/mol. The number of nitrogens with zero attached hydrogens (tertiary/aromatic N) is 3. The fourth-order valence-corrected chi connectivity index (χ4v) is 9.52. The van der Waals surface area contributed by atoms with Gasteiger partial charge >= 0.3 is 142 Å². The molecule has 4 heterocycles. The number of aromatic nitrogens is 3. The summed E-state index contributed by atoms with van der Waals surface area (Å²) in [6.45, 7) is 8.33. The zero-order valence-electron chi connectivity index (χ0n) is 33.9. The Kier molecular flexibility index (Phi) is 12.1. The number of hydrogen-bond donors (Lipinski definition) is 0. The molecule has 0 atom stereocenters. The van der Waals surface area contributed by atoms with Crippen LogP contribution in [0.4, 0.5) is 0 Å². The van der Waals surface area contributed by atoms with Gasteiger partial charge in [-0.3, -0.25) is 4.98 Å². The molecule has 5 aromatic carbocycles. The first-order valence-electron chi connectivity index (χ1n) is 19.4. The summed E-state index contributed by atoms with van der Waals surface area (Å²) < 4.78 is 7.64. The SMILES string of the molecule is Cc1cc(-c2cc[c]([Ge]([CH3])([CH3])[CH3])cn2)[c-]cc1-c1ccccc1.Cc1cc(-c2ccc3c(c2)oc2c[c-]c(-c4cc(C)c(-c5ccccc5)cn4)cc23)cc(C)n1.[Ir]. The van der Waals surface area contributed by atoms with Gasteiger partial charge in [0.15, 0.2) is 0 Å². The maximum Gasteiger partial charge on any atom is 0.121 e. The zero-order valence-corrected chi connectivity index (χ0v) is 38.4. The Labute approximate surface area is 358 Å². The van der Waals surface area contributed by atoms with Crippen molar-refractivity contribution in [1.82, 2.24) is 15.0 Å². The second kappa shape index (κ2) is 17.2. The molecule has 0 aliphatic heterocycles. The molecule has 0 aliphatic rings. The third-order valence-electron chi connectivity index (χ3n) is 10.4. The Morgan fingerprint density at radius 1 is 0.500 bits per heavy atom. The molecule has 1 radical (unpaired) electrons. The van der Waals surface area contributed by atoms with Crippen molar-refractivity contribution >= 4 is 39.6 Å². The number of rotatable bonds is 6. The third kappa shape index (κ3) is 8.83. The van der Waals surface area contributed by atoms with Crippen LogP contribution in [0.25, 0.3) is 77.8 Å². The van der Waals surface area contributed by atoms with Gasteiger partial charge in [-0.1, -0.05) is 53.9 Å². The van der Waals surface area contributed by atoms with Crippen LogP contribution in [-0.2, 0) is 20.1 Å². The average Bonchev–Trinajstić information content (AvgIpc) is 3.58. The normalized spacial score (nSPS) is 11.2. The summed E-state index contributed by atoms with van der Waals surface area (Å²) in [5.41, 5.74) is 17.2. The van der Waals surface area contributed by atoms with E-state index in [0.717, 1.165) is 72.5 Å². The number of aryl methyl sites for hydroxylation is 4.